The molecule has 60 valence electrons. The second kappa shape index (κ2) is 2.88. The van der Waals surface area contributed by atoms with Crippen molar-refractivity contribution >= 4 is 34.1 Å². The smallest absolute Gasteiger partial charge is 0.222 e. The molecule has 0 saturated heterocycles. The minimum absolute atomic E-state index is 0.254. The van der Waals surface area contributed by atoms with Gasteiger partial charge < -0.3 is 0 Å². The highest BCUT2D eigenvalue weighted by Crippen LogP contribution is 2.17. The normalized spacial score (nSPS) is 10.5. The van der Waals surface area contributed by atoms with Crippen LogP contribution in [0, 0.1) is 0 Å². The van der Waals surface area contributed by atoms with Crippen molar-refractivity contribution in [2.75, 3.05) is 0 Å². The molecular weight excluding hydrogens is 195 g/mol. The number of nitrogens with zero attached hydrogens (tertiary/aromatic N) is 2. The lowest BCUT2D eigenvalue weighted by atomic mass is 10.2. The van der Waals surface area contributed by atoms with Crippen molar-refractivity contribution in [2.24, 2.45) is 0 Å². The van der Waals surface area contributed by atoms with E-state index < -0.39 is 0 Å². The molecule has 2 rings (SSSR count). The van der Waals surface area contributed by atoms with Crippen LogP contribution in [0.4, 0.5) is 0 Å². The van der Waals surface area contributed by atoms with Gasteiger partial charge in [0, 0.05) is 16.6 Å². The van der Waals surface area contributed by atoms with Crippen LogP contribution in [-0.2, 0) is 0 Å². The van der Waals surface area contributed by atoms with E-state index in [1.807, 2.05) is 6.07 Å². The maximum absolute atomic E-state index is 5.77. The molecule has 0 fully saturated rings. The van der Waals surface area contributed by atoms with E-state index in [0.29, 0.717) is 5.02 Å². The van der Waals surface area contributed by atoms with Crippen molar-refractivity contribution < 1.29 is 0 Å². The number of hydrogen-bond donors (Lipinski definition) is 0. The molecule has 4 heteroatoms. The fraction of sp³-hybridized carbons (Fsp3) is 0. The number of aromatic nitrogens is 2. The van der Waals surface area contributed by atoms with Gasteiger partial charge in [-0.2, -0.15) is 0 Å². The van der Waals surface area contributed by atoms with Crippen molar-refractivity contribution in [1.29, 1.82) is 0 Å². The third kappa shape index (κ3) is 1.36. The zero-order valence-corrected chi connectivity index (χ0v) is 7.47. The van der Waals surface area contributed by atoms with Gasteiger partial charge in [-0.05, 0) is 29.8 Å². The van der Waals surface area contributed by atoms with Gasteiger partial charge in [0.2, 0.25) is 5.28 Å². The monoisotopic (exact) mass is 198 g/mol. The van der Waals surface area contributed by atoms with Crippen LogP contribution in [0.15, 0.2) is 24.4 Å². The highest BCUT2D eigenvalue weighted by atomic mass is 35.5. The summed E-state index contributed by atoms with van der Waals surface area (Å²) in [6.07, 6.45) is 1.65. The average Bonchev–Trinajstić information content (AvgIpc) is 2.05. The molecule has 2 aromatic rings. The van der Waals surface area contributed by atoms with Gasteiger partial charge in [0.15, 0.2) is 0 Å². The van der Waals surface area contributed by atoms with Crippen LogP contribution >= 0.6 is 23.2 Å². The number of hydrogen-bond acceptors (Lipinski definition) is 2. The van der Waals surface area contributed by atoms with Crippen molar-refractivity contribution in [3.8, 4) is 0 Å². The van der Waals surface area contributed by atoms with E-state index in [9.17, 15) is 0 Å². The summed E-state index contributed by atoms with van der Waals surface area (Å²) >= 11 is 11.4. The minimum atomic E-state index is 0.254. The van der Waals surface area contributed by atoms with Crippen LogP contribution < -0.4 is 0 Å². The Kier molecular flexibility index (Phi) is 1.87. The summed E-state index contributed by atoms with van der Waals surface area (Å²) in [6.45, 7) is 0. The van der Waals surface area contributed by atoms with Gasteiger partial charge in [-0.1, -0.05) is 11.6 Å². The fourth-order valence-electron chi connectivity index (χ4n) is 0.982. The Bertz CT molecular complexity index is 387. The lowest BCUT2D eigenvalue weighted by Crippen LogP contribution is -1.82. The predicted molar refractivity (Wildman–Crippen MR) is 49.6 cm³/mol. The summed E-state index contributed by atoms with van der Waals surface area (Å²) in [6, 6.07) is 5.38. The van der Waals surface area contributed by atoms with Gasteiger partial charge in [0.05, 0.1) is 5.52 Å². The Morgan fingerprint density at radius 1 is 1.17 bits per heavy atom. The van der Waals surface area contributed by atoms with Gasteiger partial charge in [-0.3, -0.25) is 0 Å². The molecule has 0 atom stereocenters. The summed E-state index contributed by atoms with van der Waals surface area (Å²) in [7, 11) is 0. The SMILES string of the molecule is Clc1ccc2nc(Cl)ncc2c1. The predicted octanol–water partition coefficient (Wildman–Crippen LogP) is 2.94. The summed E-state index contributed by atoms with van der Waals surface area (Å²) < 4.78 is 0. The number of halogens is 2. The fourth-order valence-corrected chi connectivity index (χ4v) is 1.30. The number of rotatable bonds is 0. The van der Waals surface area contributed by atoms with Gasteiger partial charge in [-0.25, -0.2) is 9.97 Å². The number of fused-ring (bicyclic) bond motifs is 1. The summed E-state index contributed by atoms with van der Waals surface area (Å²) in [5.41, 5.74) is 0.805. The first-order chi connectivity index (χ1) is 5.75. The molecule has 0 spiro atoms. The molecule has 1 aromatic heterocycles. The van der Waals surface area contributed by atoms with Crippen molar-refractivity contribution in [1.82, 2.24) is 9.97 Å². The van der Waals surface area contributed by atoms with E-state index in [1.54, 1.807) is 18.3 Å². The van der Waals surface area contributed by atoms with Crippen molar-refractivity contribution in [2.45, 2.75) is 0 Å². The van der Waals surface area contributed by atoms with Crippen LogP contribution in [0.2, 0.25) is 10.3 Å². The van der Waals surface area contributed by atoms with E-state index in [1.165, 1.54) is 0 Å². The lowest BCUT2D eigenvalue weighted by molar-refractivity contribution is 1.22. The topological polar surface area (TPSA) is 25.8 Å². The van der Waals surface area contributed by atoms with Gasteiger partial charge in [0.1, 0.15) is 0 Å². The second-order valence-electron chi connectivity index (χ2n) is 2.34. The zero-order valence-electron chi connectivity index (χ0n) is 5.96. The Hall–Kier alpha value is -0.860. The van der Waals surface area contributed by atoms with Crippen LogP contribution in [0.3, 0.4) is 0 Å². The first-order valence-electron chi connectivity index (χ1n) is 3.33. The van der Waals surface area contributed by atoms with Crippen molar-refractivity contribution in [3.05, 3.63) is 34.7 Å². The highest BCUT2D eigenvalue weighted by Gasteiger charge is 1.97. The molecule has 2 nitrogen and oxygen atoms in total. The maximum Gasteiger partial charge on any atom is 0.222 e. The molecule has 0 aliphatic carbocycles. The van der Waals surface area contributed by atoms with Gasteiger partial charge in [0.25, 0.3) is 0 Å². The maximum atomic E-state index is 5.77. The Morgan fingerprint density at radius 2 is 2.00 bits per heavy atom. The summed E-state index contributed by atoms with van der Waals surface area (Å²) in [4.78, 5) is 7.86. The second-order valence-corrected chi connectivity index (χ2v) is 3.12. The summed E-state index contributed by atoms with van der Waals surface area (Å²) in [5, 5.41) is 1.82. The molecular formula is C8H4Cl2N2. The molecule has 0 N–H and O–H groups in total. The standard InChI is InChI=1S/C8H4Cl2N2/c9-6-1-2-7-5(3-6)4-11-8(10)12-7/h1-4H. The van der Waals surface area contributed by atoms with E-state index in [0.717, 1.165) is 10.9 Å². The molecule has 0 bridgehead atoms. The first kappa shape index (κ1) is 7.77. The van der Waals surface area contributed by atoms with E-state index >= 15 is 0 Å². The minimum Gasteiger partial charge on any atom is -0.226 e. The molecule has 0 aliphatic heterocycles. The summed E-state index contributed by atoms with van der Waals surface area (Å²) in [5.74, 6) is 0. The molecule has 1 heterocycles. The lowest BCUT2D eigenvalue weighted by Gasteiger charge is -1.96. The molecule has 0 unspecified atom stereocenters. The Balaban J connectivity index is 2.79. The van der Waals surface area contributed by atoms with E-state index in [2.05, 4.69) is 9.97 Å². The zero-order chi connectivity index (χ0) is 8.55. The van der Waals surface area contributed by atoms with Crippen LogP contribution in [0.5, 0.6) is 0 Å². The first-order valence-corrected chi connectivity index (χ1v) is 4.09. The Labute approximate surface area is 79.2 Å². The third-order valence-electron chi connectivity index (χ3n) is 1.51. The molecule has 0 amide bonds. The van der Waals surface area contributed by atoms with Crippen LogP contribution in [0.1, 0.15) is 0 Å². The van der Waals surface area contributed by atoms with Gasteiger partial charge >= 0.3 is 0 Å². The number of benzene rings is 1. The Morgan fingerprint density at radius 3 is 2.83 bits per heavy atom. The van der Waals surface area contributed by atoms with E-state index in [-0.39, 0.29) is 5.28 Å². The highest BCUT2D eigenvalue weighted by molar-refractivity contribution is 6.31. The molecule has 0 saturated carbocycles. The third-order valence-corrected chi connectivity index (χ3v) is 1.93. The van der Waals surface area contributed by atoms with Crippen LogP contribution in [0.25, 0.3) is 10.9 Å². The molecule has 12 heavy (non-hydrogen) atoms. The van der Waals surface area contributed by atoms with Crippen molar-refractivity contribution in [3.63, 3.8) is 0 Å². The molecule has 0 aliphatic rings. The quantitative estimate of drug-likeness (QED) is 0.609. The molecule has 0 radical (unpaired) electrons. The van der Waals surface area contributed by atoms with E-state index in [4.69, 9.17) is 23.2 Å². The van der Waals surface area contributed by atoms with Gasteiger partial charge in [-0.15, -0.1) is 0 Å². The molecule has 1 aromatic carbocycles. The largest absolute Gasteiger partial charge is 0.226 e. The van der Waals surface area contributed by atoms with Crippen LogP contribution in [-0.4, -0.2) is 9.97 Å². The average molecular weight is 199 g/mol.